The zero-order chi connectivity index (χ0) is 15.0. The van der Waals surface area contributed by atoms with Crippen LogP contribution in [0, 0.1) is 6.92 Å². The van der Waals surface area contributed by atoms with Gasteiger partial charge in [-0.05, 0) is 36.1 Å². The highest BCUT2D eigenvalue weighted by Crippen LogP contribution is 2.35. The third kappa shape index (κ3) is 2.60. The molecular weight excluding hydrogens is 288 g/mol. The summed E-state index contributed by atoms with van der Waals surface area (Å²) in [5, 5.41) is 1.97. The molecule has 21 heavy (non-hydrogen) atoms. The average molecular weight is 300 g/mol. The second kappa shape index (κ2) is 5.18. The van der Waals surface area contributed by atoms with E-state index in [2.05, 4.69) is 0 Å². The van der Waals surface area contributed by atoms with Crippen LogP contribution in [0.5, 0.6) is 11.5 Å². The molecule has 0 spiro atoms. The van der Waals surface area contributed by atoms with Crippen molar-refractivity contribution in [2.45, 2.75) is 13.8 Å². The molecule has 1 aliphatic rings. The Hall–Kier alpha value is -2.40. The Kier molecular flexibility index (Phi) is 3.35. The molecule has 0 atom stereocenters. The highest BCUT2D eigenvalue weighted by atomic mass is 32.1. The molecule has 0 saturated heterocycles. The van der Waals surface area contributed by atoms with Crippen LogP contribution in [0.15, 0.2) is 35.4 Å². The van der Waals surface area contributed by atoms with Crippen LogP contribution in [-0.2, 0) is 4.79 Å². The van der Waals surface area contributed by atoms with Crippen molar-refractivity contribution in [1.29, 1.82) is 0 Å². The van der Waals surface area contributed by atoms with Gasteiger partial charge in [0.2, 0.25) is 5.78 Å². The van der Waals surface area contributed by atoms with Crippen molar-refractivity contribution >= 4 is 29.2 Å². The number of thiophene rings is 1. The molecule has 4 nitrogen and oxygen atoms in total. The topological polar surface area (TPSA) is 52.6 Å². The number of benzene rings is 1. The number of carbonyl (C=O) groups excluding carboxylic acids is 2. The maximum atomic E-state index is 12.3. The summed E-state index contributed by atoms with van der Waals surface area (Å²) >= 11 is 1.55. The number of allylic oxidation sites excluding steroid dienone is 1. The quantitative estimate of drug-likeness (QED) is 0.483. The molecule has 0 radical (unpaired) electrons. The van der Waals surface area contributed by atoms with Crippen molar-refractivity contribution in [2.75, 3.05) is 0 Å². The Balaban J connectivity index is 1.93. The number of rotatable bonds is 2. The highest BCUT2D eigenvalue weighted by molar-refractivity contribution is 7.11. The fraction of sp³-hybridized carbons (Fsp3) is 0.125. The van der Waals surface area contributed by atoms with Gasteiger partial charge >= 0.3 is 5.97 Å². The van der Waals surface area contributed by atoms with Crippen molar-refractivity contribution in [2.24, 2.45) is 0 Å². The Labute approximate surface area is 125 Å². The first-order chi connectivity index (χ1) is 10.0. The molecular formula is C16H12O4S. The molecule has 0 N–H and O–H groups in total. The molecule has 0 amide bonds. The van der Waals surface area contributed by atoms with E-state index in [0.717, 1.165) is 10.4 Å². The molecule has 5 heteroatoms. The monoisotopic (exact) mass is 300 g/mol. The second-order valence-electron chi connectivity index (χ2n) is 4.66. The van der Waals surface area contributed by atoms with Crippen molar-refractivity contribution < 1.29 is 19.1 Å². The molecule has 1 aromatic carbocycles. The summed E-state index contributed by atoms with van der Waals surface area (Å²) in [4.78, 5) is 24.2. The van der Waals surface area contributed by atoms with Crippen LogP contribution >= 0.6 is 11.3 Å². The highest BCUT2D eigenvalue weighted by Gasteiger charge is 2.28. The molecule has 0 fully saturated rings. The van der Waals surface area contributed by atoms with Crippen LogP contribution in [0.1, 0.15) is 27.7 Å². The lowest BCUT2D eigenvalue weighted by Gasteiger charge is -2.02. The normalized spacial score (nSPS) is 15.0. The van der Waals surface area contributed by atoms with Gasteiger partial charge in [-0.2, -0.15) is 0 Å². The van der Waals surface area contributed by atoms with Crippen LogP contribution in [-0.4, -0.2) is 11.8 Å². The minimum Gasteiger partial charge on any atom is -0.452 e. The molecule has 0 saturated carbocycles. The number of Topliss-reactive ketones (excluding diaryl/α,β-unsaturated/α-hetero) is 1. The first kappa shape index (κ1) is 13.6. The van der Waals surface area contributed by atoms with Gasteiger partial charge in [0.05, 0.1) is 5.56 Å². The van der Waals surface area contributed by atoms with Crippen molar-refractivity contribution in [3.63, 3.8) is 0 Å². The molecule has 3 rings (SSSR count). The third-order valence-electron chi connectivity index (χ3n) is 3.07. The number of hydrogen-bond acceptors (Lipinski definition) is 5. The van der Waals surface area contributed by atoms with E-state index in [0.29, 0.717) is 17.1 Å². The predicted octanol–water partition coefficient (Wildman–Crippen LogP) is 3.60. The summed E-state index contributed by atoms with van der Waals surface area (Å²) < 4.78 is 10.6. The molecule has 2 heterocycles. The fourth-order valence-corrected chi connectivity index (χ4v) is 2.90. The lowest BCUT2D eigenvalue weighted by Crippen LogP contribution is -2.01. The number of hydrogen-bond donors (Lipinski definition) is 0. The summed E-state index contributed by atoms with van der Waals surface area (Å²) in [5.74, 6) is 0.494. The molecule has 2 aromatic rings. The van der Waals surface area contributed by atoms with Crippen molar-refractivity contribution in [3.8, 4) is 11.5 Å². The van der Waals surface area contributed by atoms with E-state index in [1.807, 2.05) is 18.4 Å². The summed E-state index contributed by atoms with van der Waals surface area (Å²) in [6.07, 6.45) is 1.74. The first-order valence-electron chi connectivity index (χ1n) is 6.35. The van der Waals surface area contributed by atoms with Gasteiger partial charge < -0.3 is 9.47 Å². The molecule has 0 bridgehead atoms. The van der Waals surface area contributed by atoms with Gasteiger partial charge in [0.25, 0.3) is 0 Å². The maximum Gasteiger partial charge on any atom is 0.308 e. The summed E-state index contributed by atoms with van der Waals surface area (Å²) in [5.41, 5.74) is 1.58. The van der Waals surface area contributed by atoms with Crippen LogP contribution in [0.2, 0.25) is 0 Å². The minimum absolute atomic E-state index is 0.160. The largest absolute Gasteiger partial charge is 0.452 e. The molecule has 0 aliphatic carbocycles. The number of aryl methyl sites for hydroxylation is 1. The smallest absolute Gasteiger partial charge is 0.308 e. The second-order valence-corrected chi connectivity index (χ2v) is 5.61. The molecule has 1 aromatic heterocycles. The first-order valence-corrected chi connectivity index (χ1v) is 7.23. The average Bonchev–Trinajstić information content (AvgIpc) is 2.95. The van der Waals surface area contributed by atoms with E-state index in [1.165, 1.54) is 6.92 Å². The maximum absolute atomic E-state index is 12.3. The van der Waals surface area contributed by atoms with E-state index in [9.17, 15) is 9.59 Å². The molecule has 1 aliphatic heterocycles. The summed E-state index contributed by atoms with van der Waals surface area (Å²) in [6.45, 7) is 3.30. The van der Waals surface area contributed by atoms with E-state index >= 15 is 0 Å². The van der Waals surface area contributed by atoms with Gasteiger partial charge in [0.1, 0.15) is 11.5 Å². The van der Waals surface area contributed by atoms with Crippen molar-refractivity contribution in [1.82, 2.24) is 0 Å². The molecule has 106 valence electrons. The summed E-state index contributed by atoms with van der Waals surface area (Å²) in [7, 11) is 0. The summed E-state index contributed by atoms with van der Waals surface area (Å²) in [6, 6.07) is 6.73. The Bertz CT molecular complexity index is 770. The van der Waals surface area contributed by atoms with E-state index in [-0.39, 0.29) is 11.5 Å². The van der Waals surface area contributed by atoms with Crippen molar-refractivity contribution in [3.05, 3.63) is 51.4 Å². The predicted molar refractivity (Wildman–Crippen MR) is 79.7 cm³/mol. The standard InChI is InChI=1S/C16H12O4S/c1-9-5-6-21-15(9)8-14-16(18)12-4-3-11(19-10(2)17)7-13(12)20-14/h3-8H,1-2H3. The van der Waals surface area contributed by atoms with Crippen LogP contribution < -0.4 is 9.47 Å². The fourth-order valence-electron chi connectivity index (χ4n) is 2.05. The Morgan fingerprint density at radius 2 is 2.14 bits per heavy atom. The minimum atomic E-state index is -0.413. The number of ketones is 1. The molecule has 0 unspecified atom stereocenters. The number of carbonyl (C=O) groups is 2. The number of esters is 1. The van der Waals surface area contributed by atoms with Gasteiger partial charge in [0, 0.05) is 23.9 Å². The zero-order valence-electron chi connectivity index (χ0n) is 11.5. The van der Waals surface area contributed by atoms with Gasteiger partial charge in [-0.1, -0.05) is 0 Å². The van der Waals surface area contributed by atoms with Crippen LogP contribution in [0.4, 0.5) is 0 Å². The number of fused-ring (bicyclic) bond motifs is 1. The Morgan fingerprint density at radius 1 is 1.33 bits per heavy atom. The van der Waals surface area contributed by atoms with Gasteiger partial charge in [0.15, 0.2) is 5.76 Å². The van der Waals surface area contributed by atoms with Gasteiger partial charge in [-0.25, -0.2) is 0 Å². The van der Waals surface area contributed by atoms with Crippen LogP contribution in [0.3, 0.4) is 0 Å². The zero-order valence-corrected chi connectivity index (χ0v) is 12.3. The SMILES string of the molecule is CC(=O)Oc1ccc2c(c1)OC(=Cc1sccc1C)C2=O. The Morgan fingerprint density at radius 3 is 2.81 bits per heavy atom. The van der Waals surface area contributed by atoms with E-state index in [1.54, 1.807) is 35.6 Å². The van der Waals surface area contributed by atoms with E-state index < -0.39 is 5.97 Å². The van der Waals surface area contributed by atoms with Crippen LogP contribution in [0.25, 0.3) is 6.08 Å². The lowest BCUT2D eigenvalue weighted by molar-refractivity contribution is -0.131. The number of ether oxygens (including phenoxy) is 2. The van der Waals surface area contributed by atoms with E-state index in [4.69, 9.17) is 9.47 Å². The third-order valence-corrected chi connectivity index (χ3v) is 4.03. The van der Waals surface area contributed by atoms with Gasteiger partial charge in [-0.15, -0.1) is 11.3 Å². The van der Waals surface area contributed by atoms with Gasteiger partial charge in [-0.3, -0.25) is 9.59 Å². The lowest BCUT2D eigenvalue weighted by atomic mass is 10.1.